The monoisotopic (exact) mass is 371 g/mol. The maximum absolute atomic E-state index is 11.7. The fraction of sp³-hybridized carbons (Fsp3) is 0.211. The minimum atomic E-state index is -4.30. The van der Waals surface area contributed by atoms with Crippen LogP contribution in [0.3, 0.4) is 0 Å². The third kappa shape index (κ3) is 3.11. The van der Waals surface area contributed by atoms with Crippen molar-refractivity contribution in [3.8, 4) is 11.5 Å². The summed E-state index contributed by atoms with van der Waals surface area (Å²) in [5, 5.41) is 0.842. The van der Waals surface area contributed by atoms with Crippen molar-refractivity contribution in [3.63, 3.8) is 0 Å². The summed E-state index contributed by atoms with van der Waals surface area (Å²) in [5.74, 6) is 1.24. The Kier molecular flexibility index (Phi) is 4.05. The number of hydrogen-bond donors (Lipinski definition) is 1. The summed E-state index contributed by atoms with van der Waals surface area (Å²) in [5.41, 5.74) is 2.20. The molecule has 0 amide bonds. The quantitative estimate of drug-likeness (QED) is 0.712. The van der Waals surface area contributed by atoms with Gasteiger partial charge in [-0.1, -0.05) is 17.7 Å². The number of pyridine rings is 1. The van der Waals surface area contributed by atoms with Crippen LogP contribution in [0, 0.1) is 6.92 Å². The van der Waals surface area contributed by atoms with Crippen molar-refractivity contribution in [1.82, 2.24) is 4.98 Å². The Bertz CT molecular complexity index is 1090. The number of benzene rings is 2. The largest absolute Gasteiger partial charge is 0.486 e. The Morgan fingerprint density at radius 2 is 2.08 bits per heavy atom. The van der Waals surface area contributed by atoms with Gasteiger partial charge in [-0.15, -0.1) is 0 Å². The summed E-state index contributed by atoms with van der Waals surface area (Å²) in [7, 11) is -4.30. The van der Waals surface area contributed by atoms with E-state index in [2.05, 4.69) is 4.98 Å². The molecule has 134 valence electrons. The molecule has 0 saturated heterocycles. The lowest BCUT2D eigenvalue weighted by Crippen LogP contribution is -2.31. The number of hydrogen-bond acceptors (Lipinski definition) is 5. The van der Waals surface area contributed by atoms with Crippen LogP contribution in [-0.4, -0.2) is 30.7 Å². The van der Waals surface area contributed by atoms with E-state index < -0.39 is 10.1 Å². The SMILES string of the molecule is Cc1ccc(S(=O)(=O)O)c(CC2COc3ccc4ncccc4c3O2)c1. The average molecular weight is 371 g/mol. The highest BCUT2D eigenvalue weighted by Gasteiger charge is 2.26. The fourth-order valence-corrected chi connectivity index (χ4v) is 3.90. The zero-order chi connectivity index (χ0) is 18.3. The van der Waals surface area contributed by atoms with Gasteiger partial charge in [-0.3, -0.25) is 9.54 Å². The standard InChI is InChI=1S/C19H17NO5S/c1-12-4-7-18(26(21,22)23)13(9-12)10-14-11-24-17-6-5-16-15(19(17)25-14)3-2-8-20-16/h2-9,14H,10-11H2,1H3,(H,21,22,23). The van der Waals surface area contributed by atoms with Crippen molar-refractivity contribution >= 4 is 21.0 Å². The van der Waals surface area contributed by atoms with Crippen molar-refractivity contribution in [2.75, 3.05) is 6.61 Å². The van der Waals surface area contributed by atoms with Crippen LogP contribution in [0.5, 0.6) is 11.5 Å². The molecule has 1 aliphatic rings. The number of rotatable bonds is 3. The van der Waals surface area contributed by atoms with Crippen LogP contribution in [0.15, 0.2) is 53.6 Å². The van der Waals surface area contributed by atoms with Gasteiger partial charge < -0.3 is 9.47 Å². The van der Waals surface area contributed by atoms with E-state index in [1.807, 2.05) is 31.2 Å². The third-order valence-corrected chi connectivity index (χ3v) is 5.30. The highest BCUT2D eigenvalue weighted by atomic mass is 32.2. The van der Waals surface area contributed by atoms with E-state index in [9.17, 15) is 13.0 Å². The van der Waals surface area contributed by atoms with Crippen molar-refractivity contribution in [1.29, 1.82) is 0 Å². The molecule has 26 heavy (non-hydrogen) atoms. The first-order valence-electron chi connectivity index (χ1n) is 8.16. The zero-order valence-electron chi connectivity index (χ0n) is 14.0. The van der Waals surface area contributed by atoms with E-state index in [0.717, 1.165) is 16.5 Å². The van der Waals surface area contributed by atoms with E-state index >= 15 is 0 Å². The second-order valence-corrected chi connectivity index (χ2v) is 7.69. The molecular formula is C19H17NO5S. The van der Waals surface area contributed by atoms with Gasteiger partial charge in [0.1, 0.15) is 12.7 Å². The van der Waals surface area contributed by atoms with Crippen LogP contribution in [-0.2, 0) is 16.5 Å². The molecular weight excluding hydrogens is 354 g/mol. The number of ether oxygens (including phenoxy) is 2. The van der Waals surface area contributed by atoms with Gasteiger partial charge >= 0.3 is 0 Å². The molecule has 7 heteroatoms. The summed E-state index contributed by atoms with van der Waals surface area (Å²) in [6, 6.07) is 12.2. The maximum atomic E-state index is 11.7. The summed E-state index contributed by atoms with van der Waals surface area (Å²) in [6.45, 7) is 2.15. The van der Waals surface area contributed by atoms with Gasteiger partial charge in [-0.2, -0.15) is 8.42 Å². The Morgan fingerprint density at radius 1 is 1.23 bits per heavy atom. The van der Waals surface area contributed by atoms with E-state index in [1.165, 1.54) is 6.07 Å². The van der Waals surface area contributed by atoms with Gasteiger partial charge in [-0.25, -0.2) is 0 Å². The lowest BCUT2D eigenvalue weighted by Gasteiger charge is -2.28. The van der Waals surface area contributed by atoms with Crippen LogP contribution in [0.1, 0.15) is 11.1 Å². The lowest BCUT2D eigenvalue weighted by molar-refractivity contribution is 0.0929. The lowest BCUT2D eigenvalue weighted by atomic mass is 10.0. The molecule has 1 aromatic heterocycles. The van der Waals surface area contributed by atoms with Crippen molar-refractivity contribution in [3.05, 3.63) is 59.8 Å². The molecule has 2 aromatic carbocycles. The Labute approximate surface area is 151 Å². The molecule has 0 radical (unpaired) electrons. The van der Waals surface area contributed by atoms with Crippen molar-refractivity contribution in [2.24, 2.45) is 0 Å². The highest BCUT2D eigenvalue weighted by Crippen LogP contribution is 2.38. The van der Waals surface area contributed by atoms with E-state index in [4.69, 9.17) is 9.47 Å². The molecule has 1 atom stereocenters. The number of nitrogens with zero attached hydrogens (tertiary/aromatic N) is 1. The second-order valence-electron chi connectivity index (χ2n) is 6.30. The molecule has 4 rings (SSSR count). The van der Waals surface area contributed by atoms with Gasteiger partial charge in [0, 0.05) is 18.0 Å². The van der Waals surface area contributed by atoms with Crippen LogP contribution in [0.25, 0.3) is 10.9 Å². The fourth-order valence-electron chi connectivity index (χ4n) is 3.19. The first-order chi connectivity index (χ1) is 12.4. The number of fused-ring (bicyclic) bond motifs is 3. The Hall–Kier alpha value is -2.64. The molecule has 6 nitrogen and oxygen atoms in total. The van der Waals surface area contributed by atoms with E-state index in [-0.39, 0.29) is 17.6 Å². The molecule has 1 aliphatic heterocycles. The molecule has 0 bridgehead atoms. The summed E-state index contributed by atoms with van der Waals surface area (Å²) < 4.78 is 44.7. The molecule has 0 saturated carbocycles. The summed E-state index contributed by atoms with van der Waals surface area (Å²) >= 11 is 0. The zero-order valence-corrected chi connectivity index (χ0v) is 14.9. The highest BCUT2D eigenvalue weighted by molar-refractivity contribution is 7.85. The smallest absolute Gasteiger partial charge is 0.294 e. The second kappa shape index (κ2) is 6.26. The molecule has 1 unspecified atom stereocenters. The van der Waals surface area contributed by atoms with E-state index in [1.54, 1.807) is 18.3 Å². The van der Waals surface area contributed by atoms with Gasteiger partial charge in [0.05, 0.1) is 10.4 Å². The molecule has 2 heterocycles. The minimum Gasteiger partial charge on any atom is -0.486 e. The molecule has 0 fully saturated rings. The first kappa shape index (κ1) is 16.8. The summed E-state index contributed by atoms with van der Waals surface area (Å²) in [6.07, 6.45) is 1.63. The van der Waals surface area contributed by atoms with Crippen LogP contribution in [0.4, 0.5) is 0 Å². The molecule has 3 aromatic rings. The van der Waals surface area contributed by atoms with Gasteiger partial charge in [-0.05, 0) is 42.8 Å². The van der Waals surface area contributed by atoms with Gasteiger partial charge in [0.2, 0.25) is 0 Å². The Balaban J connectivity index is 1.69. The molecule has 1 N–H and O–H groups in total. The van der Waals surface area contributed by atoms with E-state index in [0.29, 0.717) is 23.5 Å². The number of aromatic nitrogens is 1. The maximum Gasteiger partial charge on any atom is 0.294 e. The molecule has 0 aliphatic carbocycles. The summed E-state index contributed by atoms with van der Waals surface area (Å²) in [4.78, 5) is 4.21. The van der Waals surface area contributed by atoms with Crippen molar-refractivity contribution < 1.29 is 22.4 Å². The van der Waals surface area contributed by atoms with Gasteiger partial charge in [0.15, 0.2) is 11.5 Å². The molecule has 0 spiro atoms. The third-order valence-electron chi connectivity index (χ3n) is 4.35. The predicted octanol–water partition coefficient (Wildman–Crippen LogP) is 3.17. The normalized spacial score (nSPS) is 16.6. The number of aryl methyl sites for hydroxylation is 1. The topological polar surface area (TPSA) is 85.7 Å². The van der Waals surface area contributed by atoms with Crippen molar-refractivity contribution in [2.45, 2.75) is 24.3 Å². The average Bonchev–Trinajstić information content (AvgIpc) is 2.60. The Morgan fingerprint density at radius 3 is 2.88 bits per heavy atom. The van der Waals surface area contributed by atoms with Gasteiger partial charge in [0.25, 0.3) is 10.1 Å². The van der Waals surface area contributed by atoms with Crippen LogP contribution >= 0.6 is 0 Å². The predicted molar refractivity (Wildman–Crippen MR) is 96.4 cm³/mol. The van der Waals surface area contributed by atoms with Crippen LogP contribution < -0.4 is 9.47 Å². The minimum absolute atomic E-state index is 0.0999. The van der Waals surface area contributed by atoms with Crippen LogP contribution in [0.2, 0.25) is 0 Å². The first-order valence-corrected chi connectivity index (χ1v) is 9.60.